The number of nitrogens with zero attached hydrogens (tertiary/aromatic N) is 4. The molecule has 0 saturated carbocycles. The van der Waals surface area contributed by atoms with E-state index in [9.17, 15) is 14.0 Å². The van der Waals surface area contributed by atoms with Gasteiger partial charge in [0.25, 0.3) is 5.91 Å². The number of hydrogen-bond donors (Lipinski definition) is 0. The van der Waals surface area contributed by atoms with Crippen LogP contribution in [0.3, 0.4) is 0 Å². The van der Waals surface area contributed by atoms with Crippen LogP contribution in [0.5, 0.6) is 0 Å². The quantitative estimate of drug-likeness (QED) is 0.658. The van der Waals surface area contributed by atoms with Gasteiger partial charge in [0.1, 0.15) is 5.82 Å². The molecule has 0 bridgehead atoms. The molecule has 0 saturated heterocycles. The number of carbonyl (C=O) groups is 2. The van der Waals surface area contributed by atoms with Gasteiger partial charge in [-0.3, -0.25) is 14.6 Å². The fourth-order valence-corrected chi connectivity index (χ4v) is 4.51. The average Bonchev–Trinajstić information content (AvgIpc) is 2.80. The number of pyridine rings is 1. The summed E-state index contributed by atoms with van der Waals surface area (Å²) in [4.78, 5) is 36.6. The van der Waals surface area contributed by atoms with E-state index in [0.717, 1.165) is 32.5 Å². The van der Waals surface area contributed by atoms with Crippen LogP contribution in [0.15, 0.2) is 42.7 Å². The van der Waals surface area contributed by atoms with E-state index < -0.39 is 0 Å². The minimum atomic E-state index is -0.375. The van der Waals surface area contributed by atoms with Crippen molar-refractivity contribution in [3.63, 3.8) is 0 Å². The number of aromatic nitrogens is 1. The third kappa shape index (κ3) is 6.86. The SMILES string of the molecule is CC(C)CN1CCCN(C(=O)C(C)C)Cc2cc(F)ccc2N(C(=O)c2cccnc2)CCC1. The highest BCUT2D eigenvalue weighted by molar-refractivity contribution is 6.06. The number of benzene rings is 1. The van der Waals surface area contributed by atoms with E-state index in [1.54, 1.807) is 35.5 Å². The number of rotatable bonds is 4. The second-order valence-corrected chi connectivity index (χ2v) is 9.79. The second-order valence-electron chi connectivity index (χ2n) is 9.79. The van der Waals surface area contributed by atoms with Gasteiger partial charge < -0.3 is 14.7 Å². The van der Waals surface area contributed by atoms with Gasteiger partial charge in [0.2, 0.25) is 5.91 Å². The monoisotopic (exact) mass is 468 g/mol. The molecule has 3 rings (SSSR count). The van der Waals surface area contributed by atoms with Crippen LogP contribution < -0.4 is 4.90 Å². The summed E-state index contributed by atoms with van der Waals surface area (Å²) in [7, 11) is 0. The first-order valence-electron chi connectivity index (χ1n) is 12.3. The summed E-state index contributed by atoms with van der Waals surface area (Å²) in [6.07, 6.45) is 4.84. The van der Waals surface area contributed by atoms with Gasteiger partial charge in [-0.05, 0) is 67.7 Å². The third-order valence-electron chi connectivity index (χ3n) is 6.03. The molecule has 2 aromatic rings. The Balaban J connectivity index is 2.02. The number of anilines is 1. The number of carbonyl (C=O) groups excluding carboxylic acids is 2. The zero-order chi connectivity index (χ0) is 24.7. The van der Waals surface area contributed by atoms with Crippen LogP contribution in [0.25, 0.3) is 0 Å². The minimum Gasteiger partial charge on any atom is -0.338 e. The molecule has 0 atom stereocenters. The molecule has 1 aliphatic heterocycles. The fourth-order valence-electron chi connectivity index (χ4n) is 4.51. The van der Waals surface area contributed by atoms with Crippen molar-refractivity contribution in [1.82, 2.24) is 14.8 Å². The van der Waals surface area contributed by atoms with Crippen LogP contribution in [-0.4, -0.2) is 59.3 Å². The van der Waals surface area contributed by atoms with Crippen molar-refractivity contribution in [1.29, 1.82) is 0 Å². The molecular weight excluding hydrogens is 431 g/mol. The highest BCUT2D eigenvalue weighted by Crippen LogP contribution is 2.27. The van der Waals surface area contributed by atoms with Crippen molar-refractivity contribution < 1.29 is 14.0 Å². The lowest BCUT2D eigenvalue weighted by Gasteiger charge is -2.32. The van der Waals surface area contributed by atoms with Crippen molar-refractivity contribution in [2.24, 2.45) is 11.8 Å². The largest absolute Gasteiger partial charge is 0.338 e. The Morgan fingerprint density at radius 3 is 2.41 bits per heavy atom. The summed E-state index contributed by atoms with van der Waals surface area (Å²) in [6, 6.07) is 7.98. The topological polar surface area (TPSA) is 56.8 Å². The number of halogens is 1. The molecule has 34 heavy (non-hydrogen) atoms. The predicted molar refractivity (Wildman–Crippen MR) is 133 cm³/mol. The summed E-state index contributed by atoms with van der Waals surface area (Å²) < 4.78 is 14.3. The lowest BCUT2D eigenvalue weighted by molar-refractivity contribution is -0.135. The molecule has 0 fully saturated rings. The maximum Gasteiger partial charge on any atom is 0.259 e. The highest BCUT2D eigenvalue weighted by Gasteiger charge is 2.25. The second kappa shape index (κ2) is 12.1. The molecule has 0 spiro atoms. The van der Waals surface area contributed by atoms with Gasteiger partial charge in [0.15, 0.2) is 0 Å². The van der Waals surface area contributed by atoms with Gasteiger partial charge in [0, 0.05) is 50.2 Å². The Hall–Kier alpha value is -2.80. The van der Waals surface area contributed by atoms with Crippen molar-refractivity contribution >= 4 is 17.5 Å². The Morgan fingerprint density at radius 2 is 1.76 bits per heavy atom. The highest BCUT2D eigenvalue weighted by atomic mass is 19.1. The maximum atomic E-state index is 14.3. The first-order valence-corrected chi connectivity index (χ1v) is 12.3. The Bertz CT molecular complexity index is 964. The molecule has 0 radical (unpaired) electrons. The Morgan fingerprint density at radius 1 is 1.03 bits per heavy atom. The van der Waals surface area contributed by atoms with Crippen LogP contribution in [-0.2, 0) is 11.3 Å². The van der Waals surface area contributed by atoms with E-state index in [0.29, 0.717) is 35.8 Å². The normalized spacial score (nSPS) is 16.2. The van der Waals surface area contributed by atoms with Crippen molar-refractivity contribution in [2.45, 2.75) is 47.1 Å². The van der Waals surface area contributed by atoms with Crippen LogP contribution in [0, 0.1) is 17.7 Å². The first kappa shape index (κ1) is 25.8. The fraction of sp³-hybridized carbons (Fsp3) is 0.519. The zero-order valence-electron chi connectivity index (χ0n) is 20.8. The number of hydrogen-bond acceptors (Lipinski definition) is 4. The molecule has 1 aromatic carbocycles. The van der Waals surface area contributed by atoms with Crippen molar-refractivity contribution in [3.8, 4) is 0 Å². The minimum absolute atomic E-state index is 0.0350. The molecule has 6 nitrogen and oxygen atoms in total. The molecule has 0 unspecified atom stereocenters. The van der Waals surface area contributed by atoms with Crippen LogP contribution in [0.1, 0.15) is 56.5 Å². The van der Waals surface area contributed by atoms with E-state index in [4.69, 9.17) is 0 Å². The molecule has 0 N–H and O–H groups in total. The first-order chi connectivity index (χ1) is 16.3. The number of amides is 2. The third-order valence-corrected chi connectivity index (χ3v) is 6.03. The van der Waals surface area contributed by atoms with Gasteiger partial charge in [-0.2, -0.15) is 0 Å². The molecule has 1 aliphatic rings. The lowest BCUT2D eigenvalue weighted by Crippen LogP contribution is -2.40. The van der Waals surface area contributed by atoms with Crippen LogP contribution >= 0.6 is 0 Å². The van der Waals surface area contributed by atoms with E-state index in [1.807, 2.05) is 18.7 Å². The van der Waals surface area contributed by atoms with E-state index in [2.05, 4.69) is 23.7 Å². The molecule has 2 heterocycles. The van der Waals surface area contributed by atoms with Gasteiger partial charge in [-0.25, -0.2) is 4.39 Å². The van der Waals surface area contributed by atoms with E-state index >= 15 is 0 Å². The average molecular weight is 469 g/mol. The standard InChI is InChI=1S/C27H37FN4O2/c1-20(2)18-30-12-6-14-31(26(33)21(3)4)19-23-16-24(28)9-10-25(23)32(15-7-13-30)27(34)22-8-5-11-29-17-22/h5,8-11,16-17,20-21H,6-7,12-15,18-19H2,1-4H3. The predicted octanol–water partition coefficient (Wildman–Crippen LogP) is 4.60. The summed E-state index contributed by atoms with van der Waals surface area (Å²) >= 11 is 0. The maximum absolute atomic E-state index is 14.3. The summed E-state index contributed by atoms with van der Waals surface area (Å²) in [5, 5.41) is 0. The molecule has 0 aliphatic carbocycles. The van der Waals surface area contributed by atoms with Gasteiger partial charge in [0.05, 0.1) is 5.56 Å². The lowest BCUT2D eigenvalue weighted by atomic mass is 10.1. The summed E-state index contributed by atoms with van der Waals surface area (Å²) in [5.74, 6) is -0.148. The number of fused-ring (bicyclic) bond motifs is 1. The molecule has 1 aromatic heterocycles. The van der Waals surface area contributed by atoms with Crippen molar-refractivity contribution in [3.05, 3.63) is 59.7 Å². The van der Waals surface area contributed by atoms with E-state index in [1.165, 1.54) is 12.1 Å². The summed E-state index contributed by atoms with van der Waals surface area (Å²) in [5.41, 5.74) is 1.78. The van der Waals surface area contributed by atoms with Gasteiger partial charge >= 0.3 is 0 Å². The summed E-state index contributed by atoms with van der Waals surface area (Å²) in [6.45, 7) is 12.2. The molecule has 7 heteroatoms. The van der Waals surface area contributed by atoms with Crippen LogP contribution in [0.4, 0.5) is 10.1 Å². The van der Waals surface area contributed by atoms with Crippen LogP contribution in [0.2, 0.25) is 0 Å². The van der Waals surface area contributed by atoms with E-state index in [-0.39, 0.29) is 30.1 Å². The van der Waals surface area contributed by atoms with Gasteiger partial charge in [-0.1, -0.05) is 27.7 Å². The molecule has 2 amide bonds. The molecular formula is C27H37FN4O2. The molecule has 184 valence electrons. The smallest absolute Gasteiger partial charge is 0.259 e. The van der Waals surface area contributed by atoms with Gasteiger partial charge in [-0.15, -0.1) is 0 Å². The Kier molecular flexibility index (Phi) is 9.16. The zero-order valence-corrected chi connectivity index (χ0v) is 20.8. The van der Waals surface area contributed by atoms with Crippen molar-refractivity contribution in [2.75, 3.05) is 37.6 Å². The Labute approximate surface area is 202 Å².